The van der Waals surface area contributed by atoms with Crippen LogP contribution in [0.15, 0.2) is 0 Å². The van der Waals surface area contributed by atoms with E-state index in [4.69, 9.17) is 10.5 Å². The van der Waals surface area contributed by atoms with E-state index in [1.54, 1.807) is 6.92 Å². The van der Waals surface area contributed by atoms with Crippen molar-refractivity contribution in [1.82, 2.24) is 0 Å². The zero-order valence-corrected chi connectivity index (χ0v) is 9.42. The lowest BCUT2D eigenvalue weighted by Gasteiger charge is -2.08. The Morgan fingerprint density at radius 2 is 1.93 bits per heavy atom. The van der Waals surface area contributed by atoms with E-state index in [1.165, 1.54) is 19.3 Å². The average Bonchev–Trinajstić information content (AvgIpc) is 2.21. The Labute approximate surface area is 87.0 Å². The van der Waals surface area contributed by atoms with Gasteiger partial charge in [0.2, 0.25) is 0 Å². The molecule has 1 unspecified atom stereocenters. The maximum atomic E-state index is 11.2. The predicted octanol–water partition coefficient (Wildman–Crippen LogP) is 2.09. The highest BCUT2D eigenvalue weighted by molar-refractivity contribution is 5.72. The summed E-state index contributed by atoms with van der Waals surface area (Å²) >= 11 is 0. The lowest BCUT2D eigenvalue weighted by Crippen LogP contribution is -2.23. The molecular weight excluding hydrogens is 178 g/mol. The van der Waals surface area contributed by atoms with E-state index in [1.807, 2.05) is 0 Å². The topological polar surface area (TPSA) is 52.3 Å². The third-order valence-electron chi connectivity index (χ3n) is 2.25. The largest absolute Gasteiger partial charge is 0.465 e. The molecule has 0 fully saturated rings. The number of nitrogens with two attached hydrogens (primary N) is 1. The molecule has 0 saturated heterocycles. The highest BCUT2D eigenvalue weighted by atomic mass is 16.5. The summed E-state index contributed by atoms with van der Waals surface area (Å²) in [5.74, 6) is -0.325. The quantitative estimate of drug-likeness (QED) is 0.483. The molecule has 0 spiro atoms. The van der Waals surface area contributed by atoms with Gasteiger partial charge >= 0.3 is 5.97 Å². The van der Waals surface area contributed by atoms with E-state index in [0.717, 1.165) is 12.8 Å². The van der Waals surface area contributed by atoms with Gasteiger partial charge in [0, 0.05) is 6.54 Å². The summed E-state index contributed by atoms with van der Waals surface area (Å²) in [5.41, 5.74) is 5.34. The smallest absolute Gasteiger partial charge is 0.309 e. The monoisotopic (exact) mass is 201 g/mol. The molecule has 0 bridgehead atoms. The molecule has 3 nitrogen and oxygen atoms in total. The Hall–Kier alpha value is -0.570. The van der Waals surface area contributed by atoms with Gasteiger partial charge in [0.05, 0.1) is 12.5 Å². The predicted molar refractivity (Wildman–Crippen MR) is 57.9 cm³/mol. The van der Waals surface area contributed by atoms with Crippen LogP contribution in [0.5, 0.6) is 0 Å². The van der Waals surface area contributed by atoms with Gasteiger partial charge < -0.3 is 10.5 Å². The number of unbranched alkanes of at least 4 members (excludes halogenated alkanes) is 4. The highest BCUT2D eigenvalue weighted by Crippen LogP contribution is 2.03. The summed E-state index contributed by atoms with van der Waals surface area (Å²) < 4.78 is 5.06. The van der Waals surface area contributed by atoms with Gasteiger partial charge in [-0.15, -0.1) is 0 Å². The van der Waals surface area contributed by atoms with Crippen molar-refractivity contribution in [1.29, 1.82) is 0 Å². The van der Waals surface area contributed by atoms with Crippen molar-refractivity contribution in [3.8, 4) is 0 Å². The maximum absolute atomic E-state index is 11.2. The van der Waals surface area contributed by atoms with E-state index in [-0.39, 0.29) is 11.9 Å². The molecule has 14 heavy (non-hydrogen) atoms. The number of carbonyl (C=O) groups is 1. The Morgan fingerprint density at radius 3 is 2.50 bits per heavy atom. The fourth-order valence-corrected chi connectivity index (χ4v) is 1.12. The average molecular weight is 201 g/mol. The van der Waals surface area contributed by atoms with E-state index in [9.17, 15) is 4.79 Å². The summed E-state index contributed by atoms with van der Waals surface area (Å²) in [5, 5.41) is 0. The molecule has 0 amide bonds. The molecule has 0 aromatic heterocycles. The van der Waals surface area contributed by atoms with Crippen molar-refractivity contribution in [3.05, 3.63) is 0 Å². The number of rotatable bonds is 8. The van der Waals surface area contributed by atoms with Crippen molar-refractivity contribution >= 4 is 5.97 Å². The van der Waals surface area contributed by atoms with Gasteiger partial charge in [-0.25, -0.2) is 0 Å². The van der Waals surface area contributed by atoms with Crippen molar-refractivity contribution in [2.45, 2.75) is 46.0 Å². The van der Waals surface area contributed by atoms with Gasteiger partial charge in [0.25, 0.3) is 0 Å². The second kappa shape index (κ2) is 9.00. The molecule has 0 aromatic rings. The van der Waals surface area contributed by atoms with Gasteiger partial charge in [-0.1, -0.05) is 39.5 Å². The molecule has 0 aliphatic heterocycles. The molecule has 1 atom stereocenters. The molecule has 84 valence electrons. The van der Waals surface area contributed by atoms with Crippen molar-refractivity contribution in [2.75, 3.05) is 13.2 Å². The van der Waals surface area contributed by atoms with Gasteiger partial charge in [0.15, 0.2) is 0 Å². The minimum Gasteiger partial charge on any atom is -0.465 e. The number of hydrogen-bond donors (Lipinski definition) is 1. The first kappa shape index (κ1) is 13.4. The van der Waals surface area contributed by atoms with Crippen LogP contribution in [0.4, 0.5) is 0 Å². The van der Waals surface area contributed by atoms with Crippen molar-refractivity contribution in [3.63, 3.8) is 0 Å². The standard InChI is InChI=1S/C11H23NO2/c1-3-4-5-6-7-8-14-11(13)10(2)9-12/h10H,3-9,12H2,1-2H3. The van der Waals surface area contributed by atoms with E-state index < -0.39 is 0 Å². The van der Waals surface area contributed by atoms with E-state index >= 15 is 0 Å². The van der Waals surface area contributed by atoms with Crippen LogP contribution >= 0.6 is 0 Å². The third-order valence-corrected chi connectivity index (χ3v) is 2.25. The zero-order chi connectivity index (χ0) is 10.8. The third kappa shape index (κ3) is 6.89. The van der Waals surface area contributed by atoms with Gasteiger partial charge in [-0.3, -0.25) is 4.79 Å². The van der Waals surface area contributed by atoms with Crippen molar-refractivity contribution < 1.29 is 9.53 Å². The summed E-state index contributed by atoms with van der Waals surface area (Å²) in [6.07, 6.45) is 5.87. The van der Waals surface area contributed by atoms with E-state index in [0.29, 0.717) is 13.2 Å². The second-order valence-electron chi connectivity index (χ2n) is 3.72. The van der Waals surface area contributed by atoms with Crippen LogP contribution in [0.25, 0.3) is 0 Å². The summed E-state index contributed by atoms with van der Waals surface area (Å²) in [4.78, 5) is 11.2. The van der Waals surface area contributed by atoms with Crippen LogP contribution in [0.1, 0.15) is 46.0 Å². The summed E-state index contributed by atoms with van der Waals surface area (Å²) in [6, 6.07) is 0. The molecule has 0 aromatic carbocycles. The summed E-state index contributed by atoms with van der Waals surface area (Å²) in [6.45, 7) is 4.89. The van der Waals surface area contributed by atoms with Gasteiger partial charge in [-0.2, -0.15) is 0 Å². The van der Waals surface area contributed by atoms with Gasteiger partial charge in [0.1, 0.15) is 0 Å². The van der Waals surface area contributed by atoms with E-state index in [2.05, 4.69) is 6.92 Å². The zero-order valence-electron chi connectivity index (χ0n) is 9.42. The molecule has 3 heteroatoms. The number of carbonyl (C=O) groups excluding carboxylic acids is 1. The first-order valence-electron chi connectivity index (χ1n) is 5.59. The molecule has 0 radical (unpaired) electrons. The van der Waals surface area contributed by atoms with Crippen LogP contribution in [0.3, 0.4) is 0 Å². The fourth-order valence-electron chi connectivity index (χ4n) is 1.12. The van der Waals surface area contributed by atoms with Gasteiger partial charge in [-0.05, 0) is 6.42 Å². The molecule has 0 saturated carbocycles. The molecule has 0 aliphatic rings. The van der Waals surface area contributed by atoms with Crippen LogP contribution in [0, 0.1) is 5.92 Å². The minimum atomic E-state index is -0.164. The molecule has 0 heterocycles. The van der Waals surface area contributed by atoms with Crippen molar-refractivity contribution in [2.24, 2.45) is 11.7 Å². The normalized spacial score (nSPS) is 12.5. The van der Waals surface area contributed by atoms with Crippen LogP contribution in [-0.2, 0) is 9.53 Å². The molecular formula is C11H23NO2. The second-order valence-corrected chi connectivity index (χ2v) is 3.72. The number of esters is 1. The maximum Gasteiger partial charge on any atom is 0.309 e. The Balaban J connectivity index is 3.23. The minimum absolute atomic E-state index is 0.161. The Morgan fingerprint density at radius 1 is 1.29 bits per heavy atom. The highest BCUT2D eigenvalue weighted by Gasteiger charge is 2.11. The fraction of sp³-hybridized carbons (Fsp3) is 0.909. The number of hydrogen-bond acceptors (Lipinski definition) is 3. The molecule has 0 aliphatic carbocycles. The SMILES string of the molecule is CCCCCCCOC(=O)C(C)CN. The molecule has 2 N–H and O–H groups in total. The first-order chi connectivity index (χ1) is 6.72. The van der Waals surface area contributed by atoms with Crippen LogP contribution in [-0.4, -0.2) is 19.1 Å². The molecule has 0 rings (SSSR count). The lowest BCUT2D eigenvalue weighted by atomic mass is 10.1. The lowest BCUT2D eigenvalue weighted by molar-refractivity contribution is -0.147. The van der Waals surface area contributed by atoms with Crippen LogP contribution in [0.2, 0.25) is 0 Å². The number of ether oxygens (including phenoxy) is 1. The Bertz CT molecular complexity index is 148. The summed E-state index contributed by atoms with van der Waals surface area (Å²) in [7, 11) is 0. The van der Waals surface area contributed by atoms with Crippen LogP contribution < -0.4 is 5.73 Å². The Kier molecular flexibility index (Phi) is 8.64. The first-order valence-corrected chi connectivity index (χ1v) is 5.59.